The van der Waals surface area contributed by atoms with Crippen LogP contribution in [0.5, 0.6) is 0 Å². The van der Waals surface area contributed by atoms with E-state index >= 15 is 0 Å². The molecule has 1 heteroatoms. The zero-order valence-corrected chi connectivity index (χ0v) is 9.67. The van der Waals surface area contributed by atoms with Crippen molar-refractivity contribution in [2.75, 3.05) is 0 Å². The SMILES string of the molecule is O=C(c1ccc2c(c1)CCC2)C1CCCC1. The van der Waals surface area contributed by atoms with E-state index in [0.717, 1.165) is 18.4 Å². The third-order valence-corrected chi connectivity index (χ3v) is 4.11. The van der Waals surface area contributed by atoms with E-state index in [-0.39, 0.29) is 0 Å². The third kappa shape index (κ3) is 1.68. The Morgan fingerprint density at radius 3 is 2.56 bits per heavy atom. The first-order chi connectivity index (χ1) is 7.84. The Morgan fingerprint density at radius 1 is 1.00 bits per heavy atom. The zero-order valence-electron chi connectivity index (χ0n) is 9.67. The summed E-state index contributed by atoms with van der Waals surface area (Å²) in [7, 11) is 0. The minimum atomic E-state index is 0.319. The summed E-state index contributed by atoms with van der Waals surface area (Å²) in [6, 6.07) is 6.37. The first kappa shape index (κ1) is 10.1. The topological polar surface area (TPSA) is 17.1 Å². The molecule has 16 heavy (non-hydrogen) atoms. The molecule has 0 unspecified atom stereocenters. The maximum Gasteiger partial charge on any atom is 0.165 e. The van der Waals surface area contributed by atoms with E-state index in [1.165, 1.54) is 43.2 Å². The van der Waals surface area contributed by atoms with Gasteiger partial charge in [0.25, 0.3) is 0 Å². The molecule has 0 spiro atoms. The van der Waals surface area contributed by atoms with Gasteiger partial charge < -0.3 is 0 Å². The van der Waals surface area contributed by atoms with Gasteiger partial charge >= 0.3 is 0 Å². The van der Waals surface area contributed by atoms with Crippen molar-refractivity contribution in [3.8, 4) is 0 Å². The fourth-order valence-corrected chi connectivity index (χ4v) is 3.15. The summed E-state index contributed by atoms with van der Waals surface area (Å²) in [6.45, 7) is 0. The maximum absolute atomic E-state index is 12.2. The second-order valence-electron chi connectivity index (χ2n) is 5.18. The van der Waals surface area contributed by atoms with Crippen LogP contribution >= 0.6 is 0 Å². The maximum atomic E-state index is 12.2. The van der Waals surface area contributed by atoms with Crippen molar-refractivity contribution in [3.05, 3.63) is 34.9 Å². The van der Waals surface area contributed by atoms with Crippen LogP contribution in [0, 0.1) is 5.92 Å². The normalized spacial score (nSPS) is 20.0. The molecule has 0 bridgehead atoms. The van der Waals surface area contributed by atoms with E-state index in [1.807, 2.05) is 6.07 Å². The highest BCUT2D eigenvalue weighted by Crippen LogP contribution is 2.30. The number of carbonyl (C=O) groups excluding carboxylic acids is 1. The van der Waals surface area contributed by atoms with Crippen molar-refractivity contribution >= 4 is 5.78 Å². The van der Waals surface area contributed by atoms with Gasteiger partial charge in [-0.3, -0.25) is 4.79 Å². The molecule has 2 aliphatic carbocycles. The van der Waals surface area contributed by atoms with Crippen LogP contribution in [-0.4, -0.2) is 5.78 Å². The summed E-state index contributed by atoms with van der Waals surface area (Å²) in [5, 5.41) is 0. The molecular weight excluding hydrogens is 196 g/mol. The van der Waals surface area contributed by atoms with E-state index in [0.29, 0.717) is 11.7 Å². The third-order valence-electron chi connectivity index (χ3n) is 4.11. The molecule has 3 rings (SSSR count). The van der Waals surface area contributed by atoms with Gasteiger partial charge in [0.05, 0.1) is 0 Å². The van der Waals surface area contributed by atoms with Gasteiger partial charge in [-0.1, -0.05) is 25.0 Å². The lowest BCUT2D eigenvalue weighted by Gasteiger charge is -2.09. The van der Waals surface area contributed by atoms with Crippen LogP contribution in [0.4, 0.5) is 0 Å². The first-order valence-corrected chi connectivity index (χ1v) is 6.50. The number of fused-ring (bicyclic) bond motifs is 1. The van der Waals surface area contributed by atoms with Gasteiger partial charge in [-0.2, -0.15) is 0 Å². The summed E-state index contributed by atoms with van der Waals surface area (Å²) in [5.41, 5.74) is 3.85. The van der Waals surface area contributed by atoms with Gasteiger partial charge in [0.15, 0.2) is 5.78 Å². The number of benzene rings is 1. The highest BCUT2D eigenvalue weighted by atomic mass is 16.1. The molecule has 0 aliphatic heterocycles. The number of rotatable bonds is 2. The van der Waals surface area contributed by atoms with Crippen LogP contribution in [0.2, 0.25) is 0 Å². The Morgan fingerprint density at radius 2 is 1.75 bits per heavy atom. The van der Waals surface area contributed by atoms with Crippen LogP contribution in [-0.2, 0) is 12.8 Å². The molecule has 1 aromatic carbocycles. The predicted molar refractivity (Wildman–Crippen MR) is 64.8 cm³/mol. The Labute approximate surface area is 96.9 Å². The molecule has 0 saturated heterocycles. The van der Waals surface area contributed by atoms with E-state index in [9.17, 15) is 4.79 Å². The lowest BCUT2D eigenvalue weighted by atomic mass is 9.94. The largest absolute Gasteiger partial charge is 0.294 e. The fraction of sp³-hybridized carbons (Fsp3) is 0.533. The standard InChI is InChI=1S/C15H18O/c16-15(12-4-1-2-5-12)14-9-8-11-6-3-7-13(11)10-14/h8-10,12H,1-7H2. The summed E-state index contributed by atoms with van der Waals surface area (Å²) >= 11 is 0. The van der Waals surface area contributed by atoms with E-state index in [1.54, 1.807) is 0 Å². The molecule has 1 saturated carbocycles. The van der Waals surface area contributed by atoms with Crippen LogP contribution < -0.4 is 0 Å². The Kier molecular flexibility index (Phi) is 2.55. The lowest BCUT2D eigenvalue weighted by Crippen LogP contribution is -2.11. The number of hydrogen-bond donors (Lipinski definition) is 0. The van der Waals surface area contributed by atoms with Gasteiger partial charge in [-0.05, 0) is 49.3 Å². The Balaban J connectivity index is 1.86. The van der Waals surface area contributed by atoms with Gasteiger partial charge in [-0.25, -0.2) is 0 Å². The molecule has 0 aromatic heterocycles. The summed E-state index contributed by atoms with van der Waals surface area (Å²) in [5.74, 6) is 0.714. The molecule has 0 atom stereocenters. The van der Waals surface area contributed by atoms with Crippen LogP contribution in [0.1, 0.15) is 53.6 Å². The van der Waals surface area contributed by atoms with Crippen molar-refractivity contribution in [1.82, 2.24) is 0 Å². The van der Waals surface area contributed by atoms with Crippen LogP contribution in [0.3, 0.4) is 0 Å². The van der Waals surface area contributed by atoms with Crippen molar-refractivity contribution in [3.63, 3.8) is 0 Å². The molecule has 0 amide bonds. The van der Waals surface area contributed by atoms with E-state index in [4.69, 9.17) is 0 Å². The molecular formula is C15H18O. The van der Waals surface area contributed by atoms with Gasteiger partial charge in [-0.15, -0.1) is 0 Å². The lowest BCUT2D eigenvalue weighted by molar-refractivity contribution is 0.0923. The van der Waals surface area contributed by atoms with Crippen molar-refractivity contribution in [2.45, 2.75) is 44.9 Å². The minimum absolute atomic E-state index is 0.319. The number of Topliss-reactive ketones (excluding diaryl/α,β-unsaturated/α-hetero) is 1. The summed E-state index contributed by atoms with van der Waals surface area (Å²) < 4.78 is 0. The van der Waals surface area contributed by atoms with E-state index < -0.39 is 0 Å². The molecule has 84 valence electrons. The molecule has 0 radical (unpaired) electrons. The quantitative estimate of drug-likeness (QED) is 0.688. The predicted octanol–water partition coefficient (Wildman–Crippen LogP) is 3.55. The molecule has 0 heterocycles. The highest BCUT2D eigenvalue weighted by molar-refractivity contribution is 5.98. The monoisotopic (exact) mass is 214 g/mol. The average molecular weight is 214 g/mol. The van der Waals surface area contributed by atoms with E-state index in [2.05, 4.69) is 12.1 Å². The Hall–Kier alpha value is -1.11. The smallest absolute Gasteiger partial charge is 0.165 e. The van der Waals surface area contributed by atoms with Crippen molar-refractivity contribution in [2.24, 2.45) is 5.92 Å². The molecule has 1 nitrogen and oxygen atoms in total. The second-order valence-corrected chi connectivity index (χ2v) is 5.18. The number of ketones is 1. The first-order valence-electron chi connectivity index (χ1n) is 6.50. The summed E-state index contributed by atoms with van der Waals surface area (Å²) in [6.07, 6.45) is 8.32. The van der Waals surface area contributed by atoms with Gasteiger partial charge in [0.2, 0.25) is 0 Å². The highest BCUT2D eigenvalue weighted by Gasteiger charge is 2.24. The zero-order chi connectivity index (χ0) is 11.0. The van der Waals surface area contributed by atoms with Crippen LogP contribution in [0.15, 0.2) is 18.2 Å². The Bertz CT molecular complexity index is 413. The number of hydrogen-bond acceptors (Lipinski definition) is 1. The second kappa shape index (κ2) is 4.04. The van der Waals surface area contributed by atoms with Gasteiger partial charge in [0.1, 0.15) is 0 Å². The minimum Gasteiger partial charge on any atom is -0.294 e. The van der Waals surface area contributed by atoms with Crippen LogP contribution in [0.25, 0.3) is 0 Å². The van der Waals surface area contributed by atoms with Crippen molar-refractivity contribution in [1.29, 1.82) is 0 Å². The number of aryl methyl sites for hydroxylation is 2. The molecule has 1 fully saturated rings. The van der Waals surface area contributed by atoms with Gasteiger partial charge in [0, 0.05) is 11.5 Å². The summed E-state index contributed by atoms with van der Waals surface area (Å²) in [4.78, 5) is 12.2. The molecule has 2 aliphatic rings. The average Bonchev–Trinajstić information content (AvgIpc) is 2.98. The van der Waals surface area contributed by atoms with Crippen molar-refractivity contribution < 1.29 is 4.79 Å². The molecule has 1 aromatic rings. The fourth-order valence-electron chi connectivity index (χ4n) is 3.15. The number of carbonyl (C=O) groups is 1. The molecule has 0 N–H and O–H groups in total.